The number of rotatable bonds is 1. The first-order chi connectivity index (χ1) is 10.1. The van der Waals surface area contributed by atoms with Gasteiger partial charge in [0, 0.05) is 5.41 Å². The first kappa shape index (κ1) is 13.1. The van der Waals surface area contributed by atoms with Crippen LogP contribution >= 0.6 is 0 Å². The molecule has 2 aliphatic rings. The van der Waals surface area contributed by atoms with E-state index in [2.05, 4.69) is 62.4 Å². The summed E-state index contributed by atoms with van der Waals surface area (Å²) in [6.45, 7) is 4.43. The molecule has 1 heteroatoms. The summed E-state index contributed by atoms with van der Waals surface area (Å²) in [5.74, 6) is 0.394. The summed E-state index contributed by atoms with van der Waals surface area (Å²) in [4.78, 5) is 0. The second kappa shape index (κ2) is 4.20. The van der Waals surface area contributed by atoms with E-state index >= 15 is 0 Å². The van der Waals surface area contributed by atoms with Gasteiger partial charge >= 0.3 is 0 Å². The fraction of sp³-hybridized carbons (Fsp3) is 0.400. The van der Waals surface area contributed by atoms with Crippen LogP contribution in [0.5, 0.6) is 0 Å². The van der Waals surface area contributed by atoms with Gasteiger partial charge in [0.05, 0.1) is 5.60 Å². The van der Waals surface area contributed by atoms with Crippen LogP contribution < -0.4 is 0 Å². The summed E-state index contributed by atoms with van der Waals surface area (Å²) in [6, 6.07) is 17.2. The minimum atomic E-state index is -0.706. The minimum Gasteiger partial charge on any atom is -0.385 e. The van der Waals surface area contributed by atoms with Crippen molar-refractivity contribution >= 4 is 0 Å². The van der Waals surface area contributed by atoms with Gasteiger partial charge in [-0.15, -0.1) is 0 Å². The summed E-state index contributed by atoms with van der Waals surface area (Å²) >= 11 is 0. The average Bonchev–Trinajstić information content (AvgIpc) is 3.00. The lowest BCUT2D eigenvalue weighted by Gasteiger charge is -2.42. The molecule has 1 N–H and O–H groups in total. The van der Waals surface area contributed by atoms with Crippen molar-refractivity contribution in [1.82, 2.24) is 0 Å². The van der Waals surface area contributed by atoms with Gasteiger partial charge in [0.2, 0.25) is 0 Å². The summed E-state index contributed by atoms with van der Waals surface area (Å²) in [6.07, 6.45) is 2.76. The molecule has 2 atom stereocenters. The van der Waals surface area contributed by atoms with E-state index in [1.54, 1.807) is 0 Å². The topological polar surface area (TPSA) is 20.2 Å². The van der Waals surface area contributed by atoms with Crippen molar-refractivity contribution in [1.29, 1.82) is 0 Å². The predicted molar refractivity (Wildman–Crippen MR) is 85.3 cm³/mol. The van der Waals surface area contributed by atoms with E-state index in [1.807, 2.05) is 0 Å². The molecule has 0 aliphatic heterocycles. The molecule has 2 aromatic rings. The summed E-state index contributed by atoms with van der Waals surface area (Å²) in [7, 11) is 0. The summed E-state index contributed by atoms with van der Waals surface area (Å²) in [5.41, 5.74) is 4.56. The van der Waals surface area contributed by atoms with Gasteiger partial charge in [-0.25, -0.2) is 0 Å². The number of aliphatic hydroxyl groups is 1. The highest BCUT2D eigenvalue weighted by Gasteiger charge is 2.61. The van der Waals surface area contributed by atoms with E-state index in [9.17, 15) is 5.11 Å². The maximum Gasteiger partial charge on any atom is 0.0964 e. The second-order valence-corrected chi connectivity index (χ2v) is 6.80. The fourth-order valence-corrected chi connectivity index (χ4v) is 4.96. The van der Waals surface area contributed by atoms with E-state index in [0.717, 1.165) is 24.8 Å². The summed E-state index contributed by atoms with van der Waals surface area (Å²) in [5, 5.41) is 11.6. The van der Waals surface area contributed by atoms with Crippen LogP contribution in [0.2, 0.25) is 0 Å². The Morgan fingerprint density at radius 3 is 2.19 bits per heavy atom. The molecule has 2 aliphatic carbocycles. The molecular weight excluding hydrogens is 256 g/mol. The Labute approximate surface area is 126 Å². The zero-order valence-corrected chi connectivity index (χ0v) is 12.8. The number of fused-ring (bicyclic) bond motifs is 2. The molecule has 2 aromatic carbocycles. The Balaban J connectivity index is 1.92. The SMILES string of the molecule is CCC1(O)c2ccccc2C(C)C12Cc1ccccc1C2. The van der Waals surface area contributed by atoms with Crippen LogP contribution in [0, 0.1) is 5.41 Å². The quantitative estimate of drug-likeness (QED) is 0.829. The molecule has 108 valence electrons. The van der Waals surface area contributed by atoms with E-state index in [4.69, 9.17) is 0 Å². The standard InChI is InChI=1S/C20H22O/c1-3-20(21)18-11-7-6-10-17(18)14(2)19(20)12-15-8-4-5-9-16(15)13-19/h4-11,14,21H,3,12-13H2,1-2H3. The van der Waals surface area contributed by atoms with Gasteiger partial charge < -0.3 is 5.11 Å². The van der Waals surface area contributed by atoms with Crippen LogP contribution in [0.3, 0.4) is 0 Å². The highest BCUT2D eigenvalue weighted by molar-refractivity contribution is 5.49. The fourth-order valence-electron chi connectivity index (χ4n) is 4.96. The molecule has 0 amide bonds. The Kier molecular flexibility index (Phi) is 2.62. The third kappa shape index (κ3) is 1.45. The number of benzene rings is 2. The minimum absolute atomic E-state index is 0.0743. The molecule has 0 radical (unpaired) electrons. The van der Waals surface area contributed by atoms with Crippen LogP contribution in [0.15, 0.2) is 48.5 Å². The lowest BCUT2D eigenvalue weighted by molar-refractivity contribution is -0.0870. The zero-order valence-electron chi connectivity index (χ0n) is 12.8. The third-order valence-electron chi connectivity index (χ3n) is 6.17. The van der Waals surface area contributed by atoms with E-state index < -0.39 is 5.60 Å². The molecule has 21 heavy (non-hydrogen) atoms. The Morgan fingerprint density at radius 2 is 1.57 bits per heavy atom. The molecule has 0 fully saturated rings. The van der Waals surface area contributed by atoms with Gasteiger partial charge in [0.25, 0.3) is 0 Å². The molecule has 0 bridgehead atoms. The van der Waals surface area contributed by atoms with Crippen molar-refractivity contribution < 1.29 is 5.11 Å². The molecule has 1 spiro atoms. The van der Waals surface area contributed by atoms with Gasteiger partial charge in [-0.3, -0.25) is 0 Å². The summed E-state index contributed by atoms with van der Waals surface area (Å²) < 4.78 is 0. The van der Waals surface area contributed by atoms with Gasteiger partial charge in [-0.05, 0) is 47.4 Å². The maximum atomic E-state index is 11.6. The van der Waals surface area contributed by atoms with Crippen molar-refractivity contribution in [2.24, 2.45) is 5.41 Å². The van der Waals surface area contributed by atoms with Crippen molar-refractivity contribution in [3.05, 3.63) is 70.8 Å². The van der Waals surface area contributed by atoms with Crippen molar-refractivity contribution in [2.75, 3.05) is 0 Å². The molecule has 0 aromatic heterocycles. The highest BCUT2D eigenvalue weighted by atomic mass is 16.3. The monoisotopic (exact) mass is 278 g/mol. The van der Waals surface area contributed by atoms with Gasteiger partial charge in [-0.1, -0.05) is 62.4 Å². The molecule has 1 nitrogen and oxygen atoms in total. The second-order valence-electron chi connectivity index (χ2n) is 6.80. The van der Waals surface area contributed by atoms with E-state index in [0.29, 0.717) is 5.92 Å². The smallest absolute Gasteiger partial charge is 0.0964 e. The van der Waals surface area contributed by atoms with E-state index in [1.165, 1.54) is 16.7 Å². The normalized spacial score (nSPS) is 28.6. The Morgan fingerprint density at radius 1 is 1.00 bits per heavy atom. The lowest BCUT2D eigenvalue weighted by atomic mass is 9.65. The zero-order chi connectivity index (χ0) is 14.7. The molecule has 4 rings (SSSR count). The Hall–Kier alpha value is -1.60. The van der Waals surface area contributed by atoms with E-state index in [-0.39, 0.29) is 5.41 Å². The molecule has 2 unspecified atom stereocenters. The van der Waals surface area contributed by atoms with Crippen LogP contribution in [0.4, 0.5) is 0 Å². The Bertz CT molecular complexity index is 677. The molecule has 0 heterocycles. The molecule has 0 saturated carbocycles. The first-order valence-electron chi connectivity index (χ1n) is 8.01. The van der Waals surface area contributed by atoms with Gasteiger partial charge in [-0.2, -0.15) is 0 Å². The van der Waals surface area contributed by atoms with Crippen molar-refractivity contribution in [3.8, 4) is 0 Å². The van der Waals surface area contributed by atoms with Crippen LogP contribution in [-0.2, 0) is 18.4 Å². The first-order valence-corrected chi connectivity index (χ1v) is 8.01. The average molecular weight is 278 g/mol. The van der Waals surface area contributed by atoms with Crippen LogP contribution in [-0.4, -0.2) is 5.11 Å². The predicted octanol–water partition coefficient (Wildman–Crippen LogP) is 4.19. The molecular formula is C20H22O. The van der Waals surface area contributed by atoms with Crippen LogP contribution in [0.25, 0.3) is 0 Å². The maximum absolute atomic E-state index is 11.6. The highest BCUT2D eigenvalue weighted by Crippen LogP contribution is 2.64. The lowest BCUT2D eigenvalue weighted by Crippen LogP contribution is -2.44. The number of hydrogen-bond acceptors (Lipinski definition) is 1. The van der Waals surface area contributed by atoms with Crippen molar-refractivity contribution in [3.63, 3.8) is 0 Å². The molecule has 0 saturated heterocycles. The number of hydrogen-bond donors (Lipinski definition) is 1. The van der Waals surface area contributed by atoms with Gasteiger partial charge in [0.1, 0.15) is 0 Å². The third-order valence-corrected chi connectivity index (χ3v) is 6.17. The van der Waals surface area contributed by atoms with Crippen molar-refractivity contribution in [2.45, 2.75) is 44.6 Å². The largest absolute Gasteiger partial charge is 0.385 e. The van der Waals surface area contributed by atoms with Crippen LogP contribution in [0.1, 0.15) is 48.4 Å². The van der Waals surface area contributed by atoms with Gasteiger partial charge in [0.15, 0.2) is 0 Å².